The van der Waals surface area contributed by atoms with E-state index in [-0.39, 0.29) is 10.4 Å². The molecule has 4 rings (SSSR count). The molecule has 1 saturated carbocycles. The minimum absolute atomic E-state index is 0.0824. The number of pyridine rings is 1. The molecule has 178 valence electrons. The lowest BCUT2D eigenvalue weighted by Crippen LogP contribution is -2.09. The average molecular weight is 481 g/mol. The van der Waals surface area contributed by atoms with E-state index in [1.165, 1.54) is 25.7 Å². The third-order valence-electron chi connectivity index (χ3n) is 5.97. The van der Waals surface area contributed by atoms with Crippen molar-refractivity contribution >= 4 is 38.7 Å². The monoisotopic (exact) mass is 480 g/mol. The van der Waals surface area contributed by atoms with Crippen LogP contribution in [0.4, 0.5) is 10.5 Å². The summed E-state index contributed by atoms with van der Waals surface area (Å²) in [6.07, 6.45) is 7.92. The molecule has 1 heterocycles. The number of nitrogens with zero attached hydrogens (tertiary/aromatic N) is 1. The van der Waals surface area contributed by atoms with E-state index in [9.17, 15) is 9.59 Å². The zero-order valence-electron chi connectivity index (χ0n) is 19.3. The SMILES string of the molecule is COc1cc2nccc(Oc3ccc(NC(=O)SC(=O)CCC4CCCC4)cc3)c2cc1OC. The molecule has 0 unspecified atom stereocenters. The fourth-order valence-corrected chi connectivity index (χ4v) is 4.78. The lowest BCUT2D eigenvalue weighted by atomic mass is 10.0. The van der Waals surface area contributed by atoms with Gasteiger partial charge in [0.25, 0.3) is 5.24 Å². The van der Waals surface area contributed by atoms with Crippen molar-refractivity contribution < 1.29 is 23.8 Å². The number of thioether (sulfide) groups is 1. The minimum Gasteiger partial charge on any atom is -0.493 e. The van der Waals surface area contributed by atoms with Crippen molar-refractivity contribution in [3.05, 3.63) is 48.7 Å². The molecular formula is C26H28N2O5S. The molecule has 0 spiro atoms. The molecule has 1 aliphatic carbocycles. The van der Waals surface area contributed by atoms with E-state index in [1.54, 1.807) is 56.8 Å². The number of aromatic nitrogens is 1. The molecule has 1 N–H and O–H groups in total. The largest absolute Gasteiger partial charge is 0.493 e. The first-order valence-corrected chi connectivity index (χ1v) is 12.2. The Hall–Kier alpha value is -3.26. The van der Waals surface area contributed by atoms with Crippen molar-refractivity contribution in [1.29, 1.82) is 0 Å². The fraction of sp³-hybridized carbons (Fsp3) is 0.346. The number of methoxy groups -OCH3 is 2. The molecule has 0 saturated heterocycles. The fourth-order valence-electron chi connectivity index (χ4n) is 4.19. The van der Waals surface area contributed by atoms with Gasteiger partial charge in [0, 0.05) is 41.5 Å². The van der Waals surface area contributed by atoms with E-state index < -0.39 is 0 Å². The van der Waals surface area contributed by atoms with Crippen molar-refractivity contribution in [2.45, 2.75) is 38.5 Å². The summed E-state index contributed by atoms with van der Waals surface area (Å²) in [4.78, 5) is 28.7. The van der Waals surface area contributed by atoms with Gasteiger partial charge in [-0.15, -0.1) is 0 Å². The molecule has 0 radical (unpaired) electrons. The maximum absolute atomic E-state index is 12.2. The van der Waals surface area contributed by atoms with Crippen LogP contribution in [0.3, 0.4) is 0 Å². The molecule has 2 aromatic carbocycles. The Morgan fingerprint density at radius 2 is 1.71 bits per heavy atom. The number of anilines is 1. The van der Waals surface area contributed by atoms with Crippen LogP contribution in [0.25, 0.3) is 10.9 Å². The Balaban J connectivity index is 1.36. The number of hydrogen-bond acceptors (Lipinski definition) is 7. The van der Waals surface area contributed by atoms with Crippen LogP contribution >= 0.6 is 11.8 Å². The summed E-state index contributed by atoms with van der Waals surface area (Å²) in [6, 6.07) is 12.4. The third kappa shape index (κ3) is 5.99. The Morgan fingerprint density at radius 3 is 2.41 bits per heavy atom. The highest BCUT2D eigenvalue weighted by Gasteiger charge is 2.18. The Morgan fingerprint density at radius 1 is 1.00 bits per heavy atom. The van der Waals surface area contributed by atoms with E-state index in [0.717, 1.165) is 23.6 Å². The van der Waals surface area contributed by atoms with Crippen LogP contribution in [0.15, 0.2) is 48.7 Å². The van der Waals surface area contributed by atoms with Gasteiger partial charge in [-0.3, -0.25) is 14.6 Å². The van der Waals surface area contributed by atoms with Gasteiger partial charge in [0.2, 0.25) is 0 Å². The number of hydrogen-bond donors (Lipinski definition) is 1. The molecule has 1 amide bonds. The summed E-state index contributed by atoms with van der Waals surface area (Å²) in [6.45, 7) is 0. The van der Waals surface area contributed by atoms with E-state index in [2.05, 4.69) is 10.3 Å². The van der Waals surface area contributed by atoms with Crippen LogP contribution in [0.1, 0.15) is 38.5 Å². The van der Waals surface area contributed by atoms with Gasteiger partial charge in [-0.1, -0.05) is 25.7 Å². The Kier molecular flexibility index (Phi) is 7.90. The highest BCUT2D eigenvalue weighted by molar-refractivity contribution is 8.26. The standard InChI is InChI=1S/C26H28N2O5S/c1-31-23-15-20-21(16-24(23)32-2)27-14-13-22(20)33-19-10-8-18(9-11-19)28-26(30)34-25(29)12-7-17-5-3-4-6-17/h8-11,13-17H,3-7,12H2,1-2H3,(H,28,30). The number of fused-ring (bicyclic) bond motifs is 1. The van der Waals surface area contributed by atoms with Gasteiger partial charge in [-0.2, -0.15) is 0 Å². The molecule has 1 fully saturated rings. The van der Waals surface area contributed by atoms with Gasteiger partial charge in [0.15, 0.2) is 16.6 Å². The first-order chi connectivity index (χ1) is 16.6. The molecule has 1 aromatic heterocycles. The number of amides is 1. The molecular weight excluding hydrogens is 452 g/mol. The zero-order valence-corrected chi connectivity index (χ0v) is 20.2. The highest BCUT2D eigenvalue weighted by atomic mass is 32.2. The van der Waals surface area contributed by atoms with E-state index in [4.69, 9.17) is 14.2 Å². The summed E-state index contributed by atoms with van der Waals surface area (Å²) >= 11 is 0.743. The van der Waals surface area contributed by atoms with Crippen LogP contribution in [0, 0.1) is 5.92 Å². The average Bonchev–Trinajstić information content (AvgIpc) is 3.37. The van der Waals surface area contributed by atoms with Gasteiger partial charge in [-0.25, -0.2) is 0 Å². The van der Waals surface area contributed by atoms with Gasteiger partial charge < -0.3 is 19.5 Å². The van der Waals surface area contributed by atoms with Crippen LogP contribution in [-0.4, -0.2) is 29.6 Å². The third-order valence-corrected chi connectivity index (χ3v) is 6.69. The number of carbonyl (C=O) groups excluding carboxylic acids is 2. The van der Waals surface area contributed by atoms with Crippen LogP contribution in [0.2, 0.25) is 0 Å². The second kappa shape index (κ2) is 11.2. The maximum atomic E-state index is 12.2. The zero-order chi connectivity index (χ0) is 23.9. The summed E-state index contributed by atoms with van der Waals surface area (Å²) in [5.41, 5.74) is 1.31. The quantitative estimate of drug-likeness (QED) is 0.379. The lowest BCUT2D eigenvalue weighted by molar-refractivity contribution is -0.111. The maximum Gasteiger partial charge on any atom is 0.291 e. The number of nitrogens with one attached hydrogen (secondary N) is 1. The van der Waals surface area contributed by atoms with Crippen molar-refractivity contribution in [1.82, 2.24) is 4.98 Å². The molecule has 0 aliphatic heterocycles. The minimum atomic E-state index is -0.369. The smallest absolute Gasteiger partial charge is 0.291 e. The van der Waals surface area contributed by atoms with Gasteiger partial charge in [0.05, 0.1) is 19.7 Å². The van der Waals surface area contributed by atoms with Crippen molar-refractivity contribution in [3.63, 3.8) is 0 Å². The van der Waals surface area contributed by atoms with Crippen LogP contribution in [-0.2, 0) is 4.79 Å². The molecule has 34 heavy (non-hydrogen) atoms. The van der Waals surface area contributed by atoms with Crippen molar-refractivity contribution in [2.75, 3.05) is 19.5 Å². The Labute approximate surface area is 203 Å². The van der Waals surface area contributed by atoms with Crippen molar-refractivity contribution in [3.8, 4) is 23.0 Å². The topological polar surface area (TPSA) is 86.8 Å². The highest BCUT2D eigenvalue weighted by Crippen LogP contribution is 2.37. The van der Waals surface area contributed by atoms with E-state index >= 15 is 0 Å². The van der Waals surface area contributed by atoms with Crippen LogP contribution < -0.4 is 19.5 Å². The second-order valence-electron chi connectivity index (χ2n) is 8.24. The molecule has 7 nitrogen and oxygen atoms in total. The molecule has 0 bridgehead atoms. The van der Waals surface area contributed by atoms with E-state index in [0.29, 0.717) is 46.5 Å². The predicted molar refractivity (Wildman–Crippen MR) is 134 cm³/mol. The number of ether oxygens (including phenoxy) is 3. The van der Waals surface area contributed by atoms with Crippen molar-refractivity contribution in [2.24, 2.45) is 5.92 Å². The predicted octanol–water partition coefficient (Wildman–Crippen LogP) is 6.81. The Bertz CT molecular complexity index is 1160. The van der Waals surface area contributed by atoms with Crippen LogP contribution in [0.5, 0.6) is 23.0 Å². The lowest BCUT2D eigenvalue weighted by Gasteiger charge is -2.12. The van der Waals surface area contributed by atoms with Gasteiger partial charge >= 0.3 is 0 Å². The van der Waals surface area contributed by atoms with Gasteiger partial charge in [0.1, 0.15) is 11.5 Å². The number of rotatable bonds is 8. The number of benzene rings is 2. The molecule has 0 atom stereocenters. The normalized spacial score (nSPS) is 13.6. The number of carbonyl (C=O) groups is 2. The summed E-state index contributed by atoms with van der Waals surface area (Å²) in [5, 5.41) is 3.09. The first-order valence-electron chi connectivity index (χ1n) is 11.4. The molecule has 1 aliphatic rings. The first kappa shape index (κ1) is 23.9. The van der Waals surface area contributed by atoms with E-state index in [1.807, 2.05) is 6.07 Å². The second-order valence-corrected chi connectivity index (χ2v) is 9.27. The summed E-state index contributed by atoms with van der Waals surface area (Å²) in [7, 11) is 3.16. The molecule has 8 heteroatoms. The molecule has 3 aromatic rings. The van der Waals surface area contributed by atoms with Gasteiger partial charge in [-0.05, 0) is 48.7 Å². The summed E-state index contributed by atoms with van der Waals surface area (Å²) < 4.78 is 16.8. The summed E-state index contributed by atoms with van der Waals surface area (Å²) in [5.74, 6) is 3.03.